The molecule has 0 unspecified atom stereocenters. The Bertz CT molecular complexity index is 866. The fourth-order valence-electron chi connectivity index (χ4n) is 3.48. The van der Waals surface area contributed by atoms with Gasteiger partial charge in [0.2, 0.25) is 0 Å². The Hall–Kier alpha value is -2.00. The maximum atomic E-state index is 11.9. The van der Waals surface area contributed by atoms with Crippen LogP contribution in [-0.4, -0.2) is 5.97 Å². The van der Waals surface area contributed by atoms with Gasteiger partial charge in [-0.2, -0.15) is 0 Å². The number of esters is 1. The van der Waals surface area contributed by atoms with Crippen molar-refractivity contribution in [2.75, 3.05) is 0 Å². The Morgan fingerprint density at radius 3 is 2.44 bits per heavy atom. The van der Waals surface area contributed by atoms with Gasteiger partial charge >= 0.3 is 5.97 Å². The van der Waals surface area contributed by atoms with Gasteiger partial charge in [-0.25, -0.2) is 0 Å². The third-order valence-corrected chi connectivity index (χ3v) is 5.79. The van der Waals surface area contributed by atoms with Crippen molar-refractivity contribution in [2.45, 2.75) is 64.4 Å². The fraction of sp³-hybridized carbons (Fsp3) is 0.435. The number of benzene rings is 2. The molecule has 4 heteroatoms. The van der Waals surface area contributed by atoms with Gasteiger partial charge in [0.05, 0.1) is 0 Å². The van der Waals surface area contributed by atoms with Gasteiger partial charge in [-0.05, 0) is 73.3 Å². The highest BCUT2D eigenvalue weighted by molar-refractivity contribution is 6.31. The standard InChI is InChI=1S/C23H25ClO3/c1-3-23(25)27-21-6-4-5-17(15-7-8-15)19(21)13-26-22-12-20(24)14(2)11-18(22)16-9-10-16/h4-6,11-12,15-16H,3,7-10,13H2,1-2H3. The second-order valence-electron chi connectivity index (χ2n) is 7.63. The Labute approximate surface area is 165 Å². The topological polar surface area (TPSA) is 35.5 Å². The molecule has 0 radical (unpaired) electrons. The second kappa shape index (κ2) is 7.55. The summed E-state index contributed by atoms with van der Waals surface area (Å²) in [6, 6.07) is 10.0. The van der Waals surface area contributed by atoms with Crippen LogP contribution in [0, 0.1) is 6.92 Å². The largest absolute Gasteiger partial charge is 0.488 e. The number of hydrogen-bond donors (Lipinski definition) is 0. The van der Waals surface area contributed by atoms with Crippen molar-refractivity contribution in [2.24, 2.45) is 0 Å². The SMILES string of the molecule is CCC(=O)Oc1cccc(C2CC2)c1COc1cc(Cl)c(C)cc1C1CC1. The lowest BCUT2D eigenvalue weighted by Crippen LogP contribution is -2.10. The van der Waals surface area contributed by atoms with E-state index in [1.807, 2.05) is 25.1 Å². The molecular weight excluding hydrogens is 360 g/mol. The first-order valence-electron chi connectivity index (χ1n) is 9.82. The minimum atomic E-state index is -0.221. The van der Waals surface area contributed by atoms with Crippen LogP contribution < -0.4 is 9.47 Å². The third kappa shape index (κ3) is 4.14. The van der Waals surface area contributed by atoms with Crippen molar-refractivity contribution in [3.05, 3.63) is 57.6 Å². The van der Waals surface area contributed by atoms with E-state index in [0.717, 1.165) is 21.9 Å². The normalized spacial score (nSPS) is 16.3. The van der Waals surface area contributed by atoms with Crippen molar-refractivity contribution in [1.29, 1.82) is 0 Å². The Morgan fingerprint density at radius 1 is 1.07 bits per heavy atom. The van der Waals surface area contributed by atoms with Crippen LogP contribution in [-0.2, 0) is 11.4 Å². The predicted molar refractivity (Wildman–Crippen MR) is 107 cm³/mol. The molecule has 0 heterocycles. The van der Waals surface area contributed by atoms with E-state index in [0.29, 0.717) is 30.6 Å². The van der Waals surface area contributed by atoms with E-state index < -0.39 is 0 Å². The number of carbonyl (C=O) groups is 1. The Kier molecular flexibility index (Phi) is 5.14. The molecule has 2 aliphatic carbocycles. The molecule has 0 saturated heterocycles. The Morgan fingerprint density at radius 2 is 1.78 bits per heavy atom. The molecule has 4 rings (SSSR count). The summed E-state index contributed by atoms with van der Waals surface area (Å²) >= 11 is 6.35. The van der Waals surface area contributed by atoms with Crippen molar-refractivity contribution >= 4 is 17.6 Å². The van der Waals surface area contributed by atoms with E-state index in [9.17, 15) is 4.79 Å². The van der Waals surface area contributed by atoms with Crippen LogP contribution in [0.25, 0.3) is 0 Å². The van der Waals surface area contributed by atoms with Crippen molar-refractivity contribution in [1.82, 2.24) is 0 Å². The van der Waals surface area contributed by atoms with Gasteiger partial charge < -0.3 is 9.47 Å². The first kappa shape index (κ1) is 18.4. The molecule has 142 valence electrons. The summed E-state index contributed by atoms with van der Waals surface area (Å²) in [7, 11) is 0. The van der Waals surface area contributed by atoms with E-state index in [-0.39, 0.29) is 5.97 Å². The summed E-state index contributed by atoms with van der Waals surface area (Å²) in [6.45, 7) is 4.22. The molecule has 0 spiro atoms. The summed E-state index contributed by atoms with van der Waals surface area (Å²) in [5.74, 6) is 2.38. The van der Waals surface area contributed by atoms with Crippen molar-refractivity contribution in [3.63, 3.8) is 0 Å². The quantitative estimate of drug-likeness (QED) is 0.415. The van der Waals surface area contributed by atoms with Gasteiger partial charge in [0.1, 0.15) is 18.1 Å². The average Bonchev–Trinajstić information content (AvgIpc) is 3.55. The number of rotatable bonds is 7. The zero-order valence-corrected chi connectivity index (χ0v) is 16.6. The Balaban J connectivity index is 1.63. The number of halogens is 1. The monoisotopic (exact) mass is 384 g/mol. The van der Waals surface area contributed by atoms with Crippen LogP contribution in [0.2, 0.25) is 5.02 Å². The molecule has 2 fully saturated rings. The zero-order chi connectivity index (χ0) is 19.0. The molecule has 2 aromatic carbocycles. The molecule has 0 N–H and O–H groups in total. The van der Waals surface area contributed by atoms with E-state index >= 15 is 0 Å². The maximum absolute atomic E-state index is 11.9. The van der Waals surface area contributed by atoms with Crippen LogP contribution in [0.15, 0.2) is 30.3 Å². The van der Waals surface area contributed by atoms with Crippen molar-refractivity contribution in [3.8, 4) is 11.5 Å². The summed E-state index contributed by atoms with van der Waals surface area (Å²) in [6.07, 6.45) is 5.13. The van der Waals surface area contributed by atoms with E-state index in [1.54, 1.807) is 6.92 Å². The molecular formula is C23H25ClO3. The average molecular weight is 385 g/mol. The number of carbonyl (C=O) groups excluding carboxylic acids is 1. The molecule has 27 heavy (non-hydrogen) atoms. The first-order chi connectivity index (χ1) is 13.1. The molecule has 0 aromatic heterocycles. The van der Waals surface area contributed by atoms with Crippen molar-refractivity contribution < 1.29 is 14.3 Å². The van der Waals surface area contributed by atoms with Gasteiger partial charge in [0.15, 0.2) is 0 Å². The highest BCUT2D eigenvalue weighted by Crippen LogP contribution is 2.47. The summed E-state index contributed by atoms with van der Waals surface area (Å²) in [4.78, 5) is 11.9. The lowest BCUT2D eigenvalue weighted by atomic mass is 10.0. The minimum absolute atomic E-state index is 0.221. The van der Waals surface area contributed by atoms with Gasteiger partial charge in [-0.1, -0.05) is 36.7 Å². The molecule has 0 atom stereocenters. The van der Waals surface area contributed by atoms with Crippen LogP contribution in [0.3, 0.4) is 0 Å². The van der Waals surface area contributed by atoms with Gasteiger partial charge in [-0.3, -0.25) is 4.79 Å². The van der Waals surface area contributed by atoms with E-state index in [4.69, 9.17) is 21.1 Å². The third-order valence-electron chi connectivity index (χ3n) is 5.38. The van der Waals surface area contributed by atoms with Crippen LogP contribution in [0.4, 0.5) is 0 Å². The van der Waals surface area contributed by atoms with E-state index in [1.165, 1.54) is 36.8 Å². The first-order valence-corrected chi connectivity index (χ1v) is 10.2. The van der Waals surface area contributed by atoms with Gasteiger partial charge in [-0.15, -0.1) is 0 Å². The molecule has 2 aromatic rings. The maximum Gasteiger partial charge on any atom is 0.310 e. The molecule has 2 saturated carbocycles. The number of aryl methyl sites for hydroxylation is 1. The summed E-state index contributed by atoms with van der Waals surface area (Å²) in [5, 5.41) is 0.725. The summed E-state index contributed by atoms with van der Waals surface area (Å²) < 4.78 is 11.8. The molecule has 3 nitrogen and oxygen atoms in total. The lowest BCUT2D eigenvalue weighted by Gasteiger charge is -2.17. The van der Waals surface area contributed by atoms with E-state index in [2.05, 4.69) is 12.1 Å². The number of ether oxygens (including phenoxy) is 2. The van der Waals surface area contributed by atoms with Gasteiger partial charge in [0, 0.05) is 17.0 Å². The zero-order valence-electron chi connectivity index (χ0n) is 15.9. The number of hydrogen-bond acceptors (Lipinski definition) is 3. The fourth-order valence-corrected chi connectivity index (χ4v) is 3.63. The van der Waals surface area contributed by atoms with Crippen LogP contribution in [0.5, 0.6) is 11.5 Å². The van der Waals surface area contributed by atoms with Crippen LogP contribution in [0.1, 0.15) is 73.1 Å². The molecule has 2 aliphatic rings. The minimum Gasteiger partial charge on any atom is -0.488 e. The highest BCUT2D eigenvalue weighted by Gasteiger charge is 2.30. The van der Waals surface area contributed by atoms with Gasteiger partial charge in [0.25, 0.3) is 0 Å². The smallest absolute Gasteiger partial charge is 0.310 e. The molecule has 0 amide bonds. The highest BCUT2D eigenvalue weighted by atomic mass is 35.5. The molecule has 0 aliphatic heterocycles. The molecule has 0 bridgehead atoms. The second-order valence-corrected chi connectivity index (χ2v) is 8.04. The van der Waals surface area contributed by atoms with Crippen LogP contribution >= 0.6 is 11.6 Å². The summed E-state index contributed by atoms with van der Waals surface area (Å²) in [5.41, 5.74) is 4.55. The lowest BCUT2D eigenvalue weighted by molar-refractivity contribution is -0.134. The predicted octanol–water partition coefficient (Wildman–Crippen LogP) is 6.30.